The average Bonchev–Trinajstić information content (AvgIpc) is 3.22. The third kappa shape index (κ3) is 3.90. The van der Waals surface area contributed by atoms with Crippen LogP contribution in [-0.2, 0) is 16.4 Å². The van der Waals surface area contributed by atoms with Crippen molar-refractivity contribution in [3.63, 3.8) is 0 Å². The van der Waals surface area contributed by atoms with E-state index in [1.165, 1.54) is 31.4 Å². The van der Waals surface area contributed by atoms with Crippen LogP contribution in [0.1, 0.15) is 16.1 Å². The number of aromatic nitrogens is 1. The maximum Gasteiger partial charge on any atom is 0.287 e. The van der Waals surface area contributed by atoms with Gasteiger partial charge < -0.3 is 14.5 Å². The number of carbonyl (C=O) groups is 1. The predicted molar refractivity (Wildman–Crippen MR) is 110 cm³/mol. The Hall–Kier alpha value is -3.65. The quantitative estimate of drug-likeness (QED) is 0.510. The Morgan fingerprint density at radius 2 is 1.70 bits per heavy atom. The van der Waals surface area contributed by atoms with E-state index < -0.39 is 9.84 Å². The van der Waals surface area contributed by atoms with Gasteiger partial charge in [-0.05, 0) is 54.1 Å². The van der Waals surface area contributed by atoms with E-state index in [4.69, 9.17) is 9.15 Å². The van der Waals surface area contributed by atoms with Gasteiger partial charge in [-0.3, -0.25) is 9.78 Å². The van der Waals surface area contributed by atoms with Gasteiger partial charge in [0, 0.05) is 18.1 Å². The molecule has 2 heterocycles. The van der Waals surface area contributed by atoms with Gasteiger partial charge in [0.05, 0.1) is 23.1 Å². The standard InChI is InChI=1S/C22H18N2O5S/c1-28-17-4-8-19(9-5-17)30(26,27)18-6-2-15(3-7-18)13-24-22(25)20-12-16-10-11-23-14-21(16)29-20/h2-12,14H,13H2,1H3,(H,24,25). The third-order valence-electron chi connectivity index (χ3n) is 4.60. The van der Waals surface area contributed by atoms with E-state index in [0.29, 0.717) is 11.3 Å². The first-order chi connectivity index (χ1) is 14.5. The van der Waals surface area contributed by atoms with Crippen LogP contribution in [0.3, 0.4) is 0 Å². The molecule has 0 atom stereocenters. The molecule has 4 aromatic rings. The van der Waals surface area contributed by atoms with E-state index in [0.717, 1.165) is 10.9 Å². The number of ether oxygens (including phenoxy) is 1. The minimum atomic E-state index is -3.63. The van der Waals surface area contributed by atoms with E-state index in [1.54, 1.807) is 48.8 Å². The number of nitrogens with one attached hydrogen (secondary N) is 1. The fourth-order valence-corrected chi connectivity index (χ4v) is 4.20. The zero-order valence-electron chi connectivity index (χ0n) is 16.0. The van der Waals surface area contributed by atoms with Gasteiger partial charge >= 0.3 is 0 Å². The first-order valence-corrected chi connectivity index (χ1v) is 10.6. The zero-order valence-corrected chi connectivity index (χ0v) is 16.8. The van der Waals surface area contributed by atoms with Crippen molar-refractivity contribution >= 4 is 26.7 Å². The molecule has 30 heavy (non-hydrogen) atoms. The molecule has 2 aromatic heterocycles. The van der Waals surface area contributed by atoms with Crippen molar-refractivity contribution in [2.75, 3.05) is 7.11 Å². The summed E-state index contributed by atoms with van der Waals surface area (Å²) in [5.41, 5.74) is 1.30. The molecule has 1 amide bonds. The Bertz CT molecular complexity index is 1260. The maximum atomic E-state index is 12.8. The lowest BCUT2D eigenvalue weighted by molar-refractivity contribution is 0.0925. The highest BCUT2D eigenvalue weighted by atomic mass is 32.2. The summed E-state index contributed by atoms with van der Waals surface area (Å²) in [4.78, 5) is 16.6. The number of pyridine rings is 1. The number of furan rings is 1. The number of hydrogen-bond acceptors (Lipinski definition) is 6. The molecule has 0 aliphatic heterocycles. The van der Waals surface area contributed by atoms with Crippen molar-refractivity contribution < 1.29 is 22.4 Å². The van der Waals surface area contributed by atoms with Gasteiger partial charge in [-0.1, -0.05) is 12.1 Å². The van der Waals surface area contributed by atoms with Crippen LogP contribution in [0.15, 0.2) is 87.3 Å². The molecule has 7 nitrogen and oxygen atoms in total. The van der Waals surface area contributed by atoms with Crippen molar-refractivity contribution in [2.45, 2.75) is 16.3 Å². The molecule has 0 unspecified atom stereocenters. The Morgan fingerprint density at radius 1 is 1.03 bits per heavy atom. The summed E-state index contributed by atoms with van der Waals surface area (Å²) < 4.78 is 36.1. The van der Waals surface area contributed by atoms with E-state index in [-0.39, 0.29) is 28.0 Å². The fraction of sp³-hybridized carbons (Fsp3) is 0.0909. The minimum Gasteiger partial charge on any atom is -0.497 e. The SMILES string of the molecule is COc1ccc(S(=O)(=O)c2ccc(CNC(=O)c3cc4ccncc4o3)cc2)cc1. The molecule has 0 fully saturated rings. The zero-order chi connectivity index (χ0) is 21.1. The van der Waals surface area contributed by atoms with Crippen molar-refractivity contribution in [1.29, 1.82) is 0 Å². The van der Waals surface area contributed by atoms with Gasteiger partial charge in [0.1, 0.15) is 5.75 Å². The molecule has 1 N–H and O–H groups in total. The molecular weight excluding hydrogens is 404 g/mol. The van der Waals surface area contributed by atoms with Crippen LogP contribution >= 0.6 is 0 Å². The molecule has 152 valence electrons. The number of fused-ring (bicyclic) bond motifs is 1. The summed E-state index contributed by atoms with van der Waals surface area (Å²) in [6.45, 7) is 0.233. The summed E-state index contributed by atoms with van der Waals surface area (Å²) in [7, 11) is -2.11. The average molecular weight is 422 g/mol. The van der Waals surface area contributed by atoms with E-state index in [9.17, 15) is 13.2 Å². The van der Waals surface area contributed by atoms with Crippen LogP contribution < -0.4 is 10.1 Å². The van der Waals surface area contributed by atoms with Crippen LogP contribution in [0.4, 0.5) is 0 Å². The first-order valence-electron chi connectivity index (χ1n) is 9.07. The maximum absolute atomic E-state index is 12.8. The number of benzene rings is 2. The molecule has 0 saturated carbocycles. The molecule has 0 saturated heterocycles. The topological polar surface area (TPSA) is 98.5 Å². The van der Waals surface area contributed by atoms with Crippen LogP contribution in [0.2, 0.25) is 0 Å². The second-order valence-electron chi connectivity index (χ2n) is 6.53. The van der Waals surface area contributed by atoms with Crippen LogP contribution in [0.5, 0.6) is 5.75 Å². The highest BCUT2D eigenvalue weighted by molar-refractivity contribution is 7.91. The second kappa shape index (κ2) is 8.00. The van der Waals surface area contributed by atoms with Gasteiger partial charge in [0.2, 0.25) is 9.84 Å². The lowest BCUT2D eigenvalue weighted by Gasteiger charge is -2.08. The molecule has 0 aliphatic carbocycles. The molecule has 2 aromatic carbocycles. The first kappa shape index (κ1) is 19.7. The van der Waals surface area contributed by atoms with E-state index in [1.807, 2.05) is 0 Å². The smallest absolute Gasteiger partial charge is 0.287 e. The van der Waals surface area contributed by atoms with Crippen molar-refractivity contribution in [3.8, 4) is 5.75 Å². The number of amides is 1. The van der Waals surface area contributed by atoms with Crippen LogP contribution in [-0.4, -0.2) is 26.4 Å². The molecule has 0 spiro atoms. The molecule has 4 rings (SSSR count). The van der Waals surface area contributed by atoms with Crippen LogP contribution in [0, 0.1) is 0 Å². The van der Waals surface area contributed by atoms with Gasteiger partial charge in [0.15, 0.2) is 11.3 Å². The van der Waals surface area contributed by atoms with E-state index in [2.05, 4.69) is 10.3 Å². The lowest BCUT2D eigenvalue weighted by atomic mass is 10.2. The number of sulfone groups is 1. The van der Waals surface area contributed by atoms with Gasteiger partial charge in [0.25, 0.3) is 5.91 Å². The fourth-order valence-electron chi connectivity index (χ4n) is 2.94. The number of hydrogen-bond donors (Lipinski definition) is 1. The van der Waals surface area contributed by atoms with Crippen molar-refractivity contribution in [1.82, 2.24) is 10.3 Å². The normalized spacial score (nSPS) is 11.4. The molecule has 8 heteroatoms. The highest BCUT2D eigenvalue weighted by Gasteiger charge is 2.18. The highest BCUT2D eigenvalue weighted by Crippen LogP contribution is 2.23. The van der Waals surface area contributed by atoms with Gasteiger partial charge in [-0.15, -0.1) is 0 Å². The predicted octanol–water partition coefficient (Wildman–Crippen LogP) is 3.60. The van der Waals surface area contributed by atoms with Crippen molar-refractivity contribution in [2.24, 2.45) is 0 Å². The van der Waals surface area contributed by atoms with Gasteiger partial charge in [-0.25, -0.2) is 8.42 Å². The molecule has 0 radical (unpaired) electrons. The number of rotatable bonds is 6. The van der Waals surface area contributed by atoms with Crippen molar-refractivity contribution in [3.05, 3.63) is 84.4 Å². The number of carbonyl (C=O) groups excluding carboxylic acids is 1. The monoisotopic (exact) mass is 422 g/mol. The third-order valence-corrected chi connectivity index (χ3v) is 6.39. The summed E-state index contributed by atoms with van der Waals surface area (Å²) >= 11 is 0. The Kier molecular flexibility index (Phi) is 5.24. The van der Waals surface area contributed by atoms with E-state index >= 15 is 0 Å². The Balaban J connectivity index is 1.44. The van der Waals surface area contributed by atoms with Gasteiger partial charge in [-0.2, -0.15) is 0 Å². The summed E-state index contributed by atoms with van der Waals surface area (Å²) in [5, 5.41) is 3.56. The molecular formula is C22H18N2O5S. The lowest BCUT2D eigenvalue weighted by Crippen LogP contribution is -2.22. The second-order valence-corrected chi connectivity index (χ2v) is 8.48. The Labute approximate surface area is 173 Å². The Morgan fingerprint density at radius 3 is 2.33 bits per heavy atom. The number of methoxy groups -OCH3 is 1. The number of nitrogens with zero attached hydrogens (tertiary/aromatic N) is 1. The van der Waals surface area contributed by atoms with Crippen LogP contribution in [0.25, 0.3) is 11.0 Å². The minimum absolute atomic E-state index is 0.174. The molecule has 0 aliphatic rings. The summed E-state index contributed by atoms with van der Waals surface area (Å²) in [6, 6.07) is 16.0. The molecule has 0 bridgehead atoms. The summed E-state index contributed by atoms with van der Waals surface area (Å²) in [6.07, 6.45) is 3.18. The summed E-state index contributed by atoms with van der Waals surface area (Å²) in [5.74, 6) is 0.415. The largest absolute Gasteiger partial charge is 0.497 e.